The molecule has 5 nitrogen and oxygen atoms in total. The molecule has 3 aliphatic rings. The van der Waals surface area contributed by atoms with E-state index in [0.29, 0.717) is 40.9 Å². The molecule has 0 aromatic heterocycles. The second-order valence-electron chi connectivity index (χ2n) is 8.63. The lowest BCUT2D eigenvalue weighted by molar-refractivity contribution is -0.124. The van der Waals surface area contributed by atoms with Crippen LogP contribution in [0.5, 0.6) is 0 Å². The minimum atomic E-state index is -1.44. The largest absolute Gasteiger partial charge is 0.330 e. The van der Waals surface area contributed by atoms with E-state index in [2.05, 4.69) is 27.9 Å². The summed E-state index contributed by atoms with van der Waals surface area (Å²) < 4.78 is 0.907. The van der Waals surface area contributed by atoms with E-state index in [-0.39, 0.29) is 23.0 Å². The molecule has 2 amide bonds. The van der Waals surface area contributed by atoms with Crippen molar-refractivity contribution >= 4 is 45.9 Å². The van der Waals surface area contributed by atoms with Gasteiger partial charge in [-0.1, -0.05) is 38.1 Å². The number of hydrogen-bond donors (Lipinski definition) is 1. The number of carbonyl (C=O) groups is 3. The molecular weight excluding hydrogens is 479 g/mol. The van der Waals surface area contributed by atoms with Crippen LogP contribution in [0.4, 0.5) is 5.69 Å². The topological polar surface area (TPSA) is 66.5 Å². The molecule has 2 aliphatic heterocycles. The van der Waals surface area contributed by atoms with Gasteiger partial charge in [-0.2, -0.15) is 0 Å². The maximum absolute atomic E-state index is 14.0. The summed E-state index contributed by atoms with van der Waals surface area (Å²) in [6.45, 7) is 4.08. The van der Waals surface area contributed by atoms with Gasteiger partial charge in [-0.05, 0) is 58.7 Å². The molecule has 2 aromatic rings. The monoisotopic (exact) mass is 498 g/mol. The first-order chi connectivity index (χ1) is 13.7. The Morgan fingerprint density at radius 3 is 2.45 bits per heavy atom. The number of nitrogens with one attached hydrogen (secondary N) is 1. The van der Waals surface area contributed by atoms with Gasteiger partial charge < -0.3 is 5.32 Å². The highest BCUT2D eigenvalue weighted by molar-refractivity contribution is 14.1. The van der Waals surface area contributed by atoms with E-state index in [1.165, 1.54) is 0 Å². The number of carbonyl (C=O) groups excluding carboxylic acids is 3. The van der Waals surface area contributed by atoms with Gasteiger partial charge in [0.15, 0.2) is 11.3 Å². The van der Waals surface area contributed by atoms with E-state index >= 15 is 0 Å². The summed E-state index contributed by atoms with van der Waals surface area (Å²) >= 11 is 2.15. The molecule has 0 radical (unpaired) electrons. The summed E-state index contributed by atoms with van der Waals surface area (Å²) in [5.41, 5.74) is 1.19. The van der Waals surface area contributed by atoms with Crippen molar-refractivity contribution in [2.24, 2.45) is 5.41 Å². The third-order valence-corrected chi connectivity index (χ3v) is 6.64. The number of allylic oxidation sites excluding steroid dienone is 1. The van der Waals surface area contributed by atoms with Crippen molar-refractivity contribution < 1.29 is 14.4 Å². The maximum Gasteiger partial charge on any atom is 0.266 e. The van der Waals surface area contributed by atoms with E-state index in [4.69, 9.17) is 0 Å². The van der Waals surface area contributed by atoms with E-state index in [0.717, 1.165) is 3.57 Å². The Morgan fingerprint density at radius 2 is 1.72 bits per heavy atom. The van der Waals surface area contributed by atoms with Crippen molar-refractivity contribution in [2.45, 2.75) is 32.2 Å². The van der Waals surface area contributed by atoms with E-state index < -0.39 is 5.54 Å². The molecule has 1 atom stereocenters. The van der Waals surface area contributed by atoms with Crippen molar-refractivity contribution in [3.8, 4) is 0 Å². The molecule has 0 saturated carbocycles. The minimum absolute atomic E-state index is 0.0743. The lowest BCUT2D eigenvalue weighted by Gasteiger charge is -2.33. The second kappa shape index (κ2) is 6.01. The predicted octanol–water partition coefficient (Wildman–Crippen LogP) is 3.92. The zero-order chi connectivity index (χ0) is 20.6. The van der Waals surface area contributed by atoms with Crippen LogP contribution in [0, 0.1) is 8.99 Å². The number of halogens is 1. The van der Waals surface area contributed by atoms with Gasteiger partial charge in [0.05, 0.1) is 5.57 Å². The smallest absolute Gasteiger partial charge is 0.266 e. The molecular formula is C23H19IN2O3. The fourth-order valence-electron chi connectivity index (χ4n) is 4.85. The van der Waals surface area contributed by atoms with Gasteiger partial charge >= 0.3 is 0 Å². The van der Waals surface area contributed by atoms with Crippen LogP contribution in [0.1, 0.15) is 42.6 Å². The summed E-state index contributed by atoms with van der Waals surface area (Å²) in [5.74, 6) is -0.672. The Labute approximate surface area is 182 Å². The fraction of sp³-hybridized carbons (Fsp3) is 0.261. The SMILES string of the molecule is CC1(C)CC(=O)C2=C(C1)N(c1ccccc1)C(=O)C21NC(=O)c2cc(I)ccc21. The standard InChI is InChI=1S/C23H19IN2O3/c1-22(2)11-17-19(18(27)12-22)23(21(29)26(17)14-6-4-3-5-7-14)16-9-8-13(24)10-15(16)20(28)25-23/h3-10H,11-12H2,1-2H3,(H,25,28). The third kappa shape index (κ3) is 2.48. The number of rotatable bonds is 1. The molecule has 5 rings (SSSR count). The van der Waals surface area contributed by atoms with Crippen LogP contribution in [-0.4, -0.2) is 17.6 Å². The highest BCUT2D eigenvalue weighted by Crippen LogP contribution is 2.53. The van der Waals surface area contributed by atoms with Crippen molar-refractivity contribution in [1.82, 2.24) is 5.32 Å². The van der Waals surface area contributed by atoms with Crippen LogP contribution >= 0.6 is 22.6 Å². The first-order valence-corrected chi connectivity index (χ1v) is 10.6. The summed E-state index contributed by atoms with van der Waals surface area (Å²) in [4.78, 5) is 41.8. The van der Waals surface area contributed by atoms with Gasteiger partial charge in [-0.3, -0.25) is 19.3 Å². The molecule has 0 saturated heterocycles. The Balaban J connectivity index is 1.81. The molecule has 0 fully saturated rings. The summed E-state index contributed by atoms with van der Waals surface area (Å²) in [5, 5.41) is 2.92. The number of Topliss-reactive ketones (excluding diaryl/α,β-unsaturated/α-hetero) is 1. The minimum Gasteiger partial charge on any atom is -0.330 e. The second-order valence-corrected chi connectivity index (χ2v) is 9.88. The lowest BCUT2D eigenvalue weighted by atomic mass is 9.71. The Kier molecular flexibility index (Phi) is 3.84. The van der Waals surface area contributed by atoms with Crippen molar-refractivity contribution in [1.29, 1.82) is 0 Å². The quantitative estimate of drug-likeness (QED) is 0.607. The molecule has 6 heteroatoms. The first-order valence-electron chi connectivity index (χ1n) is 9.54. The molecule has 1 N–H and O–H groups in total. The van der Waals surface area contributed by atoms with Gasteiger partial charge in [-0.15, -0.1) is 0 Å². The molecule has 1 unspecified atom stereocenters. The molecule has 146 valence electrons. The van der Waals surface area contributed by atoms with Gasteiger partial charge in [0, 0.05) is 32.5 Å². The Bertz CT molecular complexity index is 1140. The molecule has 29 heavy (non-hydrogen) atoms. The molecule has 0 bridgehead atoms. The van der Waals surface area contributed by atoms with E-state index in [9.17, 15) is 14.4 Å². The lowest BCUT2D eigenvalue weighted by Crippen LogP contribution is -2.50. The normalized spacial score (nSPS) is 24.8. The number of para-hydroxylation sites is 1. The highest BCUT2D eigenvalue weighted by Gasteiger charge is 2.62. The van der Waals surface area contributed by atoms with E-state index in [1.54, 1.807) is 17.0 Å². The average molecular weight is 498 g/mol. The average Bonchev–Trinajstić information content (AvgIpc) is 3.07. The number of nitrogens with zero attached hydrogens (tertiary/aromatic N) is 1. The zero-order valence-electron chi connectivity index (χ0n) is 16.1. The molecule has 2 heterocycles. The molecule has 2 aromatic carbocycles. The number of benzene rings is 2. The summed E-state index contributed by atoms with van der Waals surface area (Å²) in [6, 6.07) is 14.8. The van der Waals surface area contributed by atoms with Crippen molar-refractivity contribution in [3.63, 3.8) is 0 Å². The van der Waals surface area contributed by atoms with Crippen LogP contribution in [0.25, 0.3) is 0 Å². The van der Waals surface area contributed by atoms with Crippen LogP contribution in [-0.2, 0) is 15.1 Å². The Hall–Kier alpha value is -2.48. The molecule has 1 spiro atoms. The van der Waals surface area contributed by atoms with E-state index in [1.807, 2.05) is 50.2 Å². The van der Waals surface area contributed by atoms with Gasteiger partial charge in [0.25, 0.3) is 11.8 Å². The van der Waals surface area contributed by atoms with Crippen LogP contribution in [0.15, 0.2) is 59.8 Å². The van der Waals surface area contributed by atoms with Crippen molar-refractivity contribution in [3.05, 3.63) is 74.5 Å². The summed E-state index contributed by atoms with van der Waals surface area (Å²) in [7, 11) is 0. The van der Waals surface area contributed by atoms with Gasteiger partial charge in [0.2, 0.25) is 0 Å². The summed E-state index contributed by atoms with van der Waals surface area (Å²) in [6.07, 6.45) is 0.936. The van der Waals surface area contributed by atoms with Crippen molar-refractivity contribution in [2.75, 3.05) is 4.90 Å². The molecule has 1 aliphatic carbocycles. The number of hydrogen-bond acceptors (Lipinski definition) is 3. The number of ketones is 1. The van der Waals surface area contributed by atoms with Crippen LogP contribution in [0.2, 0.25) is 0 Å². The number of amides is 2. The first kappa shape index (κ1) is 18.5. The Morgan fingerprint density at radius 1 is 1.00 bits per heavy atom. The zero-order valence-corrected chi connectivity index (χ0v) is 18.2. The predicted molar refractivity (Wildman–Crippen MR) is 117 cm³/mol. The van der Waals surface area contributed by atoms with Gasteiger partial charge in [-0.25, -0.2) is 0 Å². The van der Waals surface area contributed by atoms with Gasteiger partial charge in [0.1, 0.15) is 0 Å². The van der Waals surface area contributed by atoms with Crippen LogP contribution in [0.3, 0.4) is 0 Å². The number of anilines is 1. The fourth-order valence-corrected chi connectivity index (χ4v) is 5.35. The third-order valence-electron chi connectivity index (χ3n) is 5.97. The number of fused-ring (bicyclic) bond motifs is 3. The highest BCUT2D eigenvalue weighted by atomic mass is 127. The van der Waals surface area contributed by atoms with Crippen LogP contribution < -0.4 is 10.2 Å². The maximum atomic E-state index is 14.0.